The third-order valence-corrected chi connectivity index (χ3v) is 5.43. The summed E-state index contributed by atoms with van der Waals surface area (Å²) >= 11 is 0. The first-order chi connectivity index (χ1) is 12.9. The normalized spacial score (nSPS) is 24.6. The molecule has 1 aliphatic heterocycles. The molecule has 2 aromatic carbocycles. The van der Waals surface area contributed by atoms with Crippen molar-refractivity contribution in [3.05, 3.63) is 66.4 Å². The van der Waals surface area contributed by atoms with E-state index in [1.165, 1.54) is 16.3 Å². The highest BCUT2D eigenvalue weighted by molar-refractivity contribution is 5.83. The monoisotopic (exact) mass is 360 g/mol. The second-order valence-electron chi connectivity index (χ2n) is 8.79. The Morgan fingerprint density at radius 3 is 2.59 bits per heavy atom. The summed E-state index contributed by atoms with van der Waals surface area (Å²) < 4.78 is 0. The highest BCUT2D eigenvalue weighted by Crippen LogP contribution is 2.33. The van der Waals surface area contributed by atoms with Crippen molar-refractivity contribution in [3.63, 3.8) is 0 Å². The summed E-state index contributed by atoms with van der Waals surface area (Å²) in [6, 6.07) is 19.7. The predicted octanol–water partition coefficient (Wildman–Crippen LogP) is 4.57. The molecule has 4 rings (SSSR count). The summed E-state index contributed by atoms with van der Waals surface area (Å²) in [5.74, 6) is 0.855. The van der Waals surface area contributed by atoms with Gasteiger partial charge in [0.15, 0.2) is 0 Å². The lowest BCUT2D eigenvalue weighted by atomic mass is 9.75. The van der Waals surface area contributed by atoms with Crippen molar-refractivity contribution in [1.29, 1.82) is 0 Å². The number of piperidine rings is 1. The number of rotatable bonds is 4. The molecule has 0 spiro atoms. The third kappa shape index (κ3) is 4.28. The Bertz CT molecular complexity index is 922. The van der Waals surface area contributed by atoms with Gasteiger partial charge in [-0.3, -0.25) is 0 Å². The SMILES string of the molecule is CC1(C)CC(Nc2cccnn2)CC(C)(Cc2ccc3ccccc3c2)N1. The van der Waals surface area contributed by atoms with E-state index in [1.54, 1.807) is 6.20 Å². The fourth-order valence-corrected chi connectivity index (χ4v) is 4.76. The van der Waals surface area contributed by atoms with Crippen LogP contribution in [0.2, 0.25) is 0 Å². The summed E-state index contributed by atoms with van der Waals surface area (Å²) in [6.07, 6.45) is 4.80. The van der Waals surface area contributed by atoms with Crippen molar-refractivity contribution in [2.45, 2.75) is 57.2 Å². The van der Waals surface area contributed by atoms with E-state index in [1.807, 2.05) is 12.1 Å². The lowest BCUT2D eigenvalue weighted by Crippen LogP contribution is -2.62. The fourth-order valence-electron chi connectivity index (χ4n) is 4.76. The highest BCUT2D eigenvalue weighted by atomic mass is 15.2. The molecule has 0 saturated carbocycles. The van der Waals surface area contributed by atoms with E-state index in [9.17, 15) is 0 Å². The molecule has 2 unspecified atom stereocenters. The molecule has 2 N–H and O–H groups in total. The number of nitrogens with one attached hydrogen (secondary N) is 2. The smallest absolute Gasteiger partial charge is 0.148 e. The average Bonchev–Trinajstić information content (AvgIpc) is 2.60. The van der Waals surface area contributed by atoms with E-state index in [0.29, 0.717) is 6.04 Å². The van der Waals surface area contributed by atoms with Gasteiger partial charge >= 0.3 is 0 Å². The van der Waals surface area contributed by atoms with Crippen LogP contribution in [0.15, 0.2) is 60.8 Å². The zero-order valence-corrected chi connectivity index (χ0v) is 16.4. The molecule has 1 aliphatic rings. The number of benzene rings is 2. The molecule has 4 heteroatoms. The minimum atomic E-state index is 0.0179. The van der Waals surface area contributed by atoms with Gasteiger partial charge in [0, 0.05) is 23.3 Å². The minimum Gasteiger partial charge on any atom is -0.366 e. The van der Waals surface area contributed by atoms with Gasteiger partial charge in [0.1, 0.15) is 5.82 Å². The standard InChI is InChI=1S/C23H28N4/c1-22(2)15-20(25-21-9-6-12-24-26-21)16-23(3,27-22)14-17-10-11-18-7-4-5-8-19(18)13-17/h4-13,20,27H,14-16H2,1-3H3,(H,25,26). The molecule has 3 aromatic rings. The van der Waals surface area contributed by atoms with Crippen molar-refractivity contribution in [1.82, 2.24) is 15.5 Å². The summed E-state index contributed by atoms with van der Waals surface area (Å²) in [5, 5.41) is 18.3. The van der Waals surface area contributed by atoms with Crippen molar-refractivity contribution < 1.29 is 0 Å². The van der Waals surface area contributed by atoms with E-state index in [4.69, 9.17) is 0 Å². The van der Waals surface area contributed by atoms with Crippen LogP contribution in [0.25, 0.3) is 10.8 Å². The summed E-state index contributed by atoms with van der Waals surface area (Å²) in [6.45, 7) is 6.92. The largest absolute Gasteiger partial charge is 0.366 e. The molecular formula is C23H28N4. The van der Waals surface area contributed by atoms with Crippen LogP contribution in [-0.2, 0) is 6.42 Å². The van der Waals surface area contributed by atoms with Gasteiger partial charge in [-0.05, 0) is 68.5 Å². The van der Waals surface area contributed by atoms with Crippen LogP contribution in [0.1, 0.15) is 39.2 Å². The predicted molar refractivity (Wildman–Crippen MR) is 112 cm³/mol. The van der Waals surface area contributed by atoms with Gasteiger partial charge in [-0.2, -0.15) is 5.10 Å². The second-order valence-corrected chi connectivity index (χ2v) is 8.79. The molecule has 0 amide bonds. The maximum absolute atomic E-state index is 4.20. The first-order valence-corrected chi connectivity index (χ1v) is 9.72. The zero-order chi connectivity index (χ0) is 18.9. The molecule has 27 heavy (non-hydrogen) atoms. The number of hydrogen-bond donors (Lipinski definition) is 2. The van der Waals surface area contributed by atoms with Crippen LogP contribution in [0.3, 0.4) is 0 Å². The van der Waals surface area contributed by atoms with E-state index in [-0.39, 0.29) is 11.1 Å². The van der Waals surface area contributed by atoms with Gasteiger partial charge in [-0.15, -0.1) is 5.10 Å². The van der Waals surface area contributed by atoms with E-state index < -0.39 is 0 Å². The molecule has 2 atom stereocenters. The third-order valence-electron chi connectivity index (χ3n) is 5.43. The Kier molecular flexibility index (Phi) is 4.60. The molecule has 2 heterocycles. The van der Waals surface area contributed by atoms with Crippen LogP contribution < -0.4 is 10.6 Å². The van der Waals surface area contributed by atoms with Crippen molar-refractivity contribution in [3.8, 4) is 0 Å². The molecular weight excluding hydrogens is 332 g/mol. The van der Waals surface area contributed by atoms with Crippen LogP contribution in [0.5, 0.6) is 0 Å². The summed E-state index contributed by atoms with van der Waals surface area (Å²) in [4.78, 5) is 0. The Hall–Kier alpha value is -2.46. The van der Waals surface area contributed by atoms with Gasteiger partial charge in [0.05, 0.1) is 0 Å². The fraction of sp³-hybridized carbons (Fsp3) is 0.391. The van der Waals surface area contributed by atoms with Crippen molar-refractivity contribution in [2.24, 2.45) is 0 Å². The highest BCUT2D eigenvalue weighted by Gasteiger charge is 2.40. The Labute approximate surface area is 161 Å². The second kappa shape index (κ2) is 6.93. The molecule has 1 fully saturated rings. The van der Waals surface area contributed by atoms with Crippen molar-refractivity contribution >= 4 is 16.6 Å². The van der Waals surface area contributed by atoms with Gasteiger partial charge < -0.3 is 10.6 Å². The molecule has 140 valence electrons. The molecule has 0 aliphatic carbocycles. The summed E-state index contributed by atoms with van der Waals surface area (Å²) in [5.41, 5.74) is 1.45. The average molecular weight is 361 g/mol. The van der Waals surface area contributed by atoms with E-state index >= 15 is 0 Å². The topological polar surface area (TPSA) is 49.8 Å². The van der Waals surface area contributed by atoms with Gasteiger partial charge in [-0.25, -0.2) is 0 Å². The number of hydrogen-bond acceptors (Lipinski definition) is 4. The van der Waals surface area contributed by atoms with E-state index in [0.717, 1.165) is 25.1 Å². The lowest BCUT2D eigenvalue weighted by Gasteiger charge is -2.48. The Balaban J connectivity index is 1.55. The van der Waals surface area contributed by atoms with Crippen LogP contribution in [-0.4, -0.2) is 27.3 Å². The Morgan fingerprint density at radius 1 is 1.00 bits per heavy atom. The number of nitrogens with zero attached hydrogens (tertiary/aromatic N) is 2. The minimum absolute atomic E-state index is 0.0179. The maximum atomic E-state index is 4.20. The molecule has 4 nitrogen and oxygen atoms in total. The van der Waals surface area contributed by atoms with Crippen LogP contribution in [0, 0.1) is 0 Å². The van der Waals surface area contributed by atoms with Gasteiger partial charge in [0.25, 0.3) is 0 Å². The summed E-state index contributed by atoms with van der Waals surface area (Å²) in [7, 11) is 0. The lowest BCUT2D eigenvalue weighted by molar-refractivity contribution is 0.155. The van der Waals surface area contributed by atoms with Gasteiger partial charge in [-0.1, -0.05) is 42.5 Å². The van der Waals surface area contributed by atoms with Crippen LogP contribution >= 0.6 is 0 Å². The molecule has 0 bridgehead atoms. The van der Waals surface area contributed by atoms with Crippen LogP contribution in [0.4, 0.5) is 5.82 Å². The quantitative estimate of drug-likeness (QED) is 0.715. The zero-order valence-electron chi connectivity index (χ0n) is 16.4. The maximum Gasteiger partial charge on any atom is 0.148 e. The number of aromatic nitrogens is 2. The van der Waals surface area contributed by atoms with E-state index in [2.05, 4.69) is 84.1 Å². The number of fused-ring (bicyclic) bond motifs is 1. The van der Waals surface area contributed by atoms with Crippen molar-refractivity contribution in [2.75, 3.05) is 5.32 Å². The molecule has 0 radical (unpaired) electrons. The Morgan fingerprint density at radius 2 is 1.81 bits per heavy atom. The number of anilines is 1. The molecule has 1 aromatic heterocycles. The molecule has 1 saturated heterocycles. The first-order valence-electron chi connectivity index (χ1n) is 9.72. The van der Waals surface area contributed by atoms with Gasteiger partial charge in [0.2, 0.25) is 0 Å². The first kappa shape index (κ1) is 17.9.